The molecule has 0 aliphatic carbocycles. The van der Waals surface area contributed by atoms with E-state index in [2.05, 4.69) is 12.2 Å². The fourth-order valence-electron chi connectivity index (χ4n) is 2.51. The fourth-order valence-corrected chi connectivity index (χ4v) is 2.51. The molecular formula is C19H21NO4. The van der Waals surface area contributed by atoms with Gasteiger partial charge in [0.2, 0.25) is 0 Å². The number of rotatable bonds is 5. The number of methoxy groups -OCH3 is 1. The van der Waals surface area contributed by atoms with Gasteiger partial charge in [-0.25, -0.2) is 0 Å². The summed E-state index contributed by atoms with van der Waals surface area (Å²) >= 11 is 0. The first-order valence-corrected chi connectivity index (χ1v) is 8.03. The summed E-state index contributed by atoms with van der Waals surface area (Å²) in [5.74, 6) is 1.72. The van der Waals surface area contributed by atoms with Crippen molar-refractivity contribution in [2.45, 2.75) is 32.6 Å². The molecule has 5 heteroatoms. The van der Waals surface area contributed by atoms with E-state index >= 15 is 0 Å². The van der Waals surface area contributed by atoms with Crippen molar-refractivity contribution in [1.29, 1.82) is 0 Å². The number of carbonyl (C=O) groups is 1. The van der Waals surface area contributed by atoms with E-state index in [1.807, 2.05) is 37.3 Å². The highest BCUT2D eigenvalue weighted by Crippen LogP contribution is 2.34. The minimum atomic E-state index is -0.557. The van der Waals surface area contributed by atoms with Gasteiger partial charge in [-0.2, -0.15) is 0 Å². The smallest absolute Gasteiger partial charge is 0.258 e. The summed E-state index contributed by atoms with van der Waals surface area (Å²) in [4.78, 5) is 12.2. The lowest BCUT2D eigenvalue weighted by molar-refractivity contribution is 0.0755. The highest BCUT2D eigenvalue weighted by molar-refractivity contribution is 5.98. The largest absolute Gasteiger partial charge is 0.493 e. The molecule has 0 radical (unpaired) electrons. The third-order valence-corrected chi connectivity index (χ3v) is 4.03. The van der Waals surface area contributed by atoms with Crippen molar-refractivity contribution in [3.05, 3.63) is 53.6 Å². The van der Waals surface area contributed by atoms with E-state index in [0.29, 0.717) is 22.8 Å². The van der Waals surface area contributed by atoms with Crippen molar-refractivity contribution in [2.24, 2.45) is 0 Å². The SMILES string of the molecule is CC[C@H](C)Oc1ccc([C@@H]2NC(=O)c3ccccc3O2)cc1OC. The van der Waals surface area contributed by atoms with Crippen molar-refractivity contribution in [1.82, 2.24) is 5.32 Å². The summed E-state index contributed by atoms with van der Waals surface area (Å²) in [5, 5.41) is 2.85. The quantitative estimate of drug-likeness (QED) is 0.910. The van der Waals surface area contributed by atoms with Gasteiger partial charge in [-0.3, -0.25) is 4.79 Å². The van der Waals surface area contributed by atoms with E-state index in [1.165, 1.54) is 0 Å². The molecule has 24 heavy (non-hydrogen) atoms. The first kappa shape index (κ1) is 16.2. The molecule has 1 amide bonds. The molecule has 0 spiro atoms. The number of hydrogen-bond donors (Lipinski definition) is 1. The maximum atomic E-state index is 12.2. The molecule has 1 N–H and O–H groups in total. The van der Waals surface area contributed by atoms with E-state index in [4.69, 9.17) is 14.2 Å². The number of hydrogen-bond acceptors (Lipinski definition) is 4. The zero-order valence-corrected chi connectivity index (χ0v) is 14.0. The fraction of sp³-hybridized carbons (Fsp3) is 0.316. The third kappa shape index (κ3) is 3.15. The van der Waals surface area contributed by atoms with Crippen LogP contribution < -0.4 is 19.5 Å². The Morgan fingerprint density at radius 2 is 2.00 bits per heavy atom. The Morgan fingerprint density at radius 3 is 2.75 bits per heavy atom. The van der Waals surface area contributed by atoms with Crippen LogP contribution in [0.15, 0.2) is 42.5 Å². The van der Waals surface area contributed by atoms with Crippen molar-refractivity contribution in [3.8, 4) is 17.2 Å². The van der Waals surface area contributed by atoms with Crippen LogP contribution in [0.3, 0.4) is 0 Å². The van der Waals surface area contributed by atoms with E-state index in [1.54, 1.807) is 19.2 Å². The van der Waals surface area contributed by atoms with Gasteiger partial charge >= 0.3 is 0 Å². The molecule has 2 aromatic carbocycles. The number of carbonyl (C=O) groups excluding carboxylic acids is 1. The second-order valence-electron chi connectivity index (χ2n) is 5.71. The monoisotopic (exact) mass is 327 g/mol. The molecule has 1 heterocycles. The van der Waals surface area contributed by atoms with Crippen LogP contribution in [0, 0.1) is 0 Å². The summed E-state index contributed by atoms with van der Waals surface area (Å²) in [6.07, 6.45) is 0.449. The van der Waals surface area contributed by atoms with E-state index in [-0.39, 0.29) is 12.0 Å². The van der Waals surface area contributed by atoms with Crippen LogP contribution in [0.5, 0.6) is 17.2 Å². The Labute approximate surface area is 141 Å². The van der Waals surface area contributed by atoms with Crippen molar-refractivity contribution in [3.63, 3.8) is 0 Å². The number of ether oxygens (including phenoxy) is 3. The second-order valence-corrected chi connectivity index (χ2v) is 5.71. The van der Waals surface area contributed by atoms with E-state index in [0.717, 1.165) is 12.0 Å². The van der Waals surface area contributed by atoms with Crippen LogP contribution in [-0.2, 0) is 0 Å². The molecule has 5 nitrogen and oxygen atoms in total. The van der Waals surface area contributed by atoms with Gasteiger partial charge in [-0.05, 0) is 43.7 Å². The van der Waals surface area contributed by atoms with Gasteiger partial charge in [0, 0.05) is 5.56 Å². The van der Waals surface area contributed by atoms with Gasteiger partial charge in [-0.1, -0.05) is 19.1 Å². The molecule has 2 aromatic rings. The molecule has 0 saturated heterocycles. The number of para-hydroxylation sites is 1. The average Bonchev–Trinajstić information content (AvgIpc) is 2.61. The summed E-state index contributed by atoms with van der Waals surface area (Å²) < 4.78 is 17.2. The van der Waals surface area contributed by atoms with Crippen molar-refractivity contribution < 1.29 is 19.0 Å². The lowest BCUT2D eigenvalue weighted by Gasteiger charge is -2.27. The Hall–Kier alpha value is -2.69. The molecular weight excluding hydrogens is 306 g/mol. The van der Waals surface area contributed by atoms with Crippen molar-refractivity contribution in [2.75, 3.05) is 7.11 Å². The highest BCUT2D eigenvalue weighted by Gasteiger charge is 2.27. The summed E-state index contributed by atoms with van der Waals surface area (Å²) in [6.45, 7) is 4.07. The first-order valence-electron chi connectivity index (χ1n) is 8.03. The topological polar surface area (TPSA) is 56.8 Å². The van der Waals surface area contributed by atoms with Crippen LogP contribution in [-0.4, -0.2) is 19.1 Å². The Bertz CT molecular complexity index is 744. The number of amides is 1. The molecule has 3 rings (SSSR count). The molecule has 0 fully saturated rings. The number of benzene rings is 2. The van der Waals surface area contributed by atoms with Crippen LogP contribution in [0.4, 0.5) is 0 Å². The summed E-state index contributed by atoms with van der Waals surface area (Å²) in [7, 11) is 1.60. The predicted molar refractivity (Wildman–Crippen MR) is 90.7 cm³/mol. The molecule has 0 bridgehead atoms. The van der Waals surface area contributed by atoms with Gasteiger partial charge < -0.3 is 19.5 Å². The van der Waals surface area contributed by atoms with E-state index < -0.39 is 6.23 Å². The van der Waals surface area contributed by atoms with Crippen LogP contribution in [0.2, 0.25) is 0 Å². The number of nitrogens with one attached hydrogen (secondary N) is 1. The standard InChI is InChI=1S/C19H21NO4/c1-4-12(2)23-16-10-9-13(11-17(16)22-3)19-20-18(21)14-7-5-6-8-15(14)24-19/h5-12,19H,4H2,1-3H3,(H,20,21)/t12-,19+/m0/s1. The molecule has 0 unspecified atom stereocenters. The van der Waals surface area contributed by atoms with Gasteiger partial charge in [0.1, 0.15) is 5.75 Å². The van der Waals surface area contributed by atoms with Gasteiger partial charge in [0.25, 0.3) is 5.91 Å². The second kappa shape index (κ2) is 6.83. The minimum Gasteiger partial charge on any atom is -0.493 e. The van der Waals surface area contributed by atoms with Crippen LogP contribution >= 0.6 is 0 Å². The third-order valence-electron chi connectivity index (χ3n) is 4.03. The molecule has 0 aromatic heterocycles. The van der Waals surface area contributed by atoms with Gasteiger partial charge in [0.15, 0.2) is 17.7 Å². The first-order chi connectivity index (χ1) is 11.6. The molecule has 1 aliphatic rings. The predicted octanol–water partition coefficient (Wildman–Crippen LogP) is 3.69. The number of fused-ring (bicyclic) bond motifs is 1. The van der Waals surface area contributed by atoms with Crippen LogP contribution in [0.1, 0.15) is 42.4 Å². The van der Waals surface area contributed by atoms with E-state index in [9.17, 15) is 4.79 Å². The molecule has 0 saturated carbocycles. The van der Waals surface area contributed by atoms with Crippen molar-refractivity contribution >= 4 is 5.91 Å². The zero-order chi connectivity index (χ0) is 17.1. The summed E-state index contributed by atoms with van der Waals surface area (Å²) in [5.41, 5.74) is 1.34. The lowest BCUT2D eigenvalue weighted by atomic mass is 10.1. The normalized spacial score (nSPS) is 17.3. The Morgan fingerprint density at radius 1 is 1.21 bits per heavy atom. The Kier molecular flexibility index (Phi) is 4.60. The molecule has 126 valence electrons. The van der Waals surface area contributed by atoms with Gasteiger partial charge in [0.05, 0.1) is 18.8 Å². The molecule has 2 atom stereocenters. The maximum absolute atomic E-state index is 12.2. The molecule has 1 aliphatic heterocycles. The minimum absolute atomic E-state index is 0.0993. The average molecular weight is 327 g/mol. The maximum Gasteiger partial charge on any atom is 0.258 e. The van der Waals surface area contributed by atoms with Crippen LogP contribution in [0.25, 0.3) is 0 Å². The Balaban J connectivity index is 1.87. The highest BCUT2D eigenvalue weighted by atomic mass is 16.5. The zero-order valence-electron chi connectivity index (χ0n) is 14.0. The summed E-state index contributed by atoms with van der Waals surface area (Å²) in [6, 6.07) is 12.7. The van der Waals surface area contributed by atoms with Gasteiger partial charge in [-0.15, -0.1) is 0 Å². The lowest BCUT2D eigenvalue weighted by Crippen LogP contribution is -2.36.